The molecule has 86 valence electrons. The SMILES string of the molecule is CC(C(=O)c1ccc(Br)cc1)c1ccncc1. The van der Waals surface area contributed by atoms with Crippen LogP contribution in [0, 0.1) is 0 Å². The summed E-state index contributed by atoms with van der Waals surface area (Å²) in [5, 5.41) is 0. The maximum absolute atomic E-state index is 12.2. The molecule has 0 fully saturated rings. The zero-order valence-corrected chi connectivity index (χ0v) is 11.0. The molecule has 0 aliphatic rings. The first-order valence-electron chi connectivity index (χ1n) is 5.38. The number of pyridine rings is 1. The average molecular weight is 290 g/mol. The van der Waals surface area contributed by atoms with E-state index in [1.54, 1.807) is 12.4 Å². The molecule has 2 rings (SSSR count). The highest BCUT2D eigenvalue weighted by Gasteiger charge is 2.16. The number of carbonyl (C=O) groups is 1. The summed E-state index contributed by atoms with van der Waals surface area (Å²) in [5.74, 6) is -0.0112. The molecule has 0 N–H and O–H groups in total. The molecule has 2 aromatic rings. The molecule has 1 heterocycles. The molecule has 0 spiro atoms. The maximum Gasteiger partial charge on any atom is 0.170 e. The van der Waals surface area contributed by atoms with Crippen LogP contribution < -0.4 is 0 Å². The largest absolute Gasteiger partial charge is 0.294 e. The molecule has 1 aromatic carbocycles. The van der Waals surface area contributed by atoms with Gasteiger partial charge < -0.3 is 0 Å². The molecule has 0 saturated heterocycles. The molecule has 1 aromatic heterocycles. The van der Waals surface area contributed by atoms with Crippen LogP contribution >= 0.6 is 15.9 Å². The molecule has 1 atom stereocenters. The molecule has 1 unspecified atom stereocenters. The van der Waals surface area contributed by atoms with Crippen molar-refractivity contribution in [2.24, 2.45) is 0 Å². The number of Topliss-reactive ketones (excluding diaryl/α,β-unsaturated/α-hetero) is 1. The number of halogens is 1. The fourth-order valence-electron chi connectivity index (χ4n) is 1.67. The molecule has 17 heavy (non-hydrogen) atoms. The number of nitrogens with zero attached hydrogens (tertiary/aromatic N) is 1. The molecule has 0 amide bonds. The highest BCUT2D eigenvalue weighted by Crippen LogP contribution is 2.21. The average Bonchev–Trinajstić information content (AvgIpc) is 2.39. The lowest BCUT2D eigenvalue weighted by atomic mass is 9.93. The van der Waals surface area contributed by atoms with Gasteiger partial charge in [-0.2, -0.15) is 0 Å². The van der Waals surface area contributed by atoms with Crippen LogP contribution in [0.25, 0.3) is 0 Å². The maximum atomic E-state index is 12.2. The standard InChI is InChI=1S/C14H12BrNO/c1-10(11-6-8-16-9-7-11)14(17)12-2-4-13(15)5-3-12/h2-10H,1H3. The van der Waals surface area contributed by atoms with Crippen LogP contribution in [-0.4, -0.2) is 10.8 Å². The van der Waals surface area contributed by atoms with E-state index in [2.05, 4.69) is 20.9 Å². The van der Waals surface area contributed by atoms with Gasteiger partial charge in [-0.05, 0) is 29.8 Å². The predicted molar refractivity (Wildman–Crippen MR) is 71.1 cm³/mol. The lowest BCUT2D eigenvalue weighted by Crippen LogP contribution is -2.09. The van der Waals surface area contributed by atoms with Crippen molar-refractivity contribution in [2.75, 3.05) is 0 Å². The van der Waals surface area contributed by atoms with Gasteiger partial charge in [0.2, 0.25) is 0 Å². The van der Waals surface area contributed by atoms with Gasteiger partial charge >= 0.3 is 0 Å². The topological polar surface area (TPSA) is 30.0 Å². The summed E-state index contributed by atoms with van der Waals surface area (Å²) in [7, 11) is 0. The Labute approximate surface area is 109 Å². The van der Waals surface area contributed by atoms with Crippen molar-refractivity contribution in [2.45, 2.75) is 12.8 Å². The lowest BCUT2D eigenvalue weighted by molar-refractivity contribution is 0.0966. The number of rotatable bonds is 3. The van der Waals surface area contributed by atoms with Crippen molar-refractivity contribution in [1.29, 1.82) is 0 Å². The summed E-state index contributed by atoms with van der Waals surface area (Å²) < 4.78 is 0.977. The van der Waals surface area contributed by atoms with Crippen LogP contribution in [0.2, 0.25) is 0 Å². The van der Waals surface area contributed by atoms with Crippen molar-refractivity contribution in [3.63, 3.8) is 0 Å². The fourth-order valence-corrected chi connectivity index (χ4v) is 1.93. The quantitative estimate of drug-likeness (QED) is 0.804. The van der Waals surface area contributed by atoms with E-state index in [9.17, 15) is 4.79 Å². The van der Waals surface area contributed by atoms with Gasteiger partial charge in [0.05, 0.1) is 0 Å². The molecule has 0 radical (unpaired) electrons. The second-order valence-electron chi connectivity index (χ2n) is 3.87. The van der Waals surface area contributed by atoms with Gasteiger partial charge in [0, 0.05) is 28.3 Å². The third-order valence-corrected chi connectivity index (χ3v) is 3.26. The second kappa shape index (κ2) is 5.23. The van der Waals surface area contributed by atoms with E-state index in [1.807, 2.05) is 43.3 Å². The summed E-state index contributed by atoms with van der Waals surface area (Å²) >= 11 is 3.36. The van der Waals surface area contributed by atoms with E-state index in [0.29, 0.717) is 0 Å². The molecule has 0 bridgehead atoms. The molecular formula is C14H12BrNO. The minimum atomic E-state index is -0.140. The third kappa shape index (κ3) is 2.80. The van der Waals surface area contributed by atoms with Gasteiger partial charge in [0.15, 0.2) is 5.78 Å². The number of ketones is 1. The summed E-state index contributed by atoms with van der Waals surface area (Å²) in [6.45, 7) is 1.92. The van der Waals surface area contributed by atoms with E-state index in [1.165, 1.54) is 0 Å². The third-order valence-electron chi connectivity index (χ3n) is 2.73. The number of hydrogen-bond donors (Lipinski definition) is 0. The van der Waals surface area contributed by atoms with Crippen LogP contribution in [0.5, 0.6) is 0 Å². The Morgan fingerprint density at radius 3 is 2.29 bits per heavy atom. The first-order chi connectivity index (χ1) is 8.18. The first kappa shape index (κ1) is 12.0. The van der Waals surface area contributed by atoms with Gasteiger partial charge in [-0.15, -0.1) is 0 Å². The lowest BCUT2D eigenvalue weighted by Gasteiger charge is -2.10. The van der Waals surface area contributed by atoms with Crippen LogP contribution in [0.3, 0.4) is 0 Å². The monoisotopic (exact) mass is 289 g/mol. The number of carbonyl (C=O) groups excluding carboxylic acids is 1. The van der Waals surface area contributed by atoms with Crippen molar-refractivity contribution in [1.82, 2.24) is 4.98 Å². The molecule has 3 heteroatoms. The Kier molecular flexibility index (Phi) is 3.69. The van der Waals surface area contributed by atoms with Gasteiger partial charge in [0.25, 0.3) is 0 Å². The number of benzene rings is 1. The van der Waals surface area contributed by atoms with Gasteiger partial charge in [-0.1, -0.05) is 35.0 Å². The van der Waals surface area contributed by atoms with Crippen LogP contribution in [0.4, 0.5) is 0 Å². The highest BCUT2D eigenvalue weighted by molar-refractivity contribution is 9.10. The van der Waals surface area contributed by atoms with Crippen LogP contribution in [0.1, 0.15) is 28.8 Å². The van der Waals surface area contributed by atoms with E-state index >= 15 is 0 Å². The molecule has 0 aliphatic heterocycles. The summed E-state index contributed by atoms with van der Waals surface area (Å²) in [4.78, 5) is 16.2. The van der Waals surface area contributed by atoms with E-state index < -0.39 is 0 Å². The van der Waals surface area contributed by atoms with Crippen LogP contribution in [-0.2, 0) is 0 Å². The van der Waals surface area contributed by atoms with E-state index in [-0.39, 0.29) is 11.7 Å². The zero-order chi connectivity index (χ0) is 12.3. The molecule has 0 saturated carbocycles. The van der Waals surface area contributed by atoms with Crippen molar-refractivity contribution < 1.29 is 4.79 Å². The smallest absolute Gasteiger partial charge is 0.170 e. The Morgan fingerprint density at radius 2 is 1.71 bits per heavy atom. The number of aromatic nitrogens is 1. The van der Waals surface area contributed by atoms with Gasteiger partial charge in [-0.3, -0.25) is 9.78 Å². The Bertz CT molecular complexity index is 508. The minimum absolute atomic E-state index is 0.128. The van der Waals surface area contributed by atoms with Crippen molar-refractivity contribution in [3.8, 4) is 0 Å². The molecule has 2 nitrogen and oxygen atoms in total. The summed E-state index contributed by atoms with van der Waals surface area (Å²) in [6, 6.07) is 11.2. The summed E-state index contributed by atoms with van der Waals surface area (Å²) in [6.07, 6.45) is 3.42. The second-order valence-corrected chi connectivity index (χ2v) is 4.79. The van der Waals surface area contributed by atoms with Crippen LogP contribution in [0.15, 0.2) is 53.3 Å². The van der Waals surface area contributed by atoms with E-state index in [0.717, 1.165) is 15.6 Å². The highest BCUT2D eigenvalue weighted by atomic mass is 79.9. The van der Waals surface area contributed by atoms with Gasteiger partial charge in [0.1, 0.15) is 0 Å². The number of hydrogen-bond acceptors (Lipinski definition) is 2. The van der Waals surface area contributed by atoms with Gasteiger partial charge in [-0.25, -0.2) is 0 Å². The Balaban J connectivity index is 2.23. The van der Waals surface area contributed by atoms with Crippen molar-refractivity contribution in [3.05, 3.63) is 64.4 Å². The fraction of sp³-hybridized carbons (Fsp3) is 0.143. The zero-order valence-electron chi connectivity index (χ0n) is 9.43. The van der Waals surface area contributed by atoms with Crippen molar-refractivity contribution >= 4 is 21.7 Å². The Morgan fingerprint density at radius 1 is 1.12 bits per heavy atom. The van der Waals surface area contributed by atoms with E-state index in [4.69, 9.17) is 0 Å². The minimum Gasteiger partial charge on any atom is -0.294 e. The predicted octanol–water partition coefficient (Wildman–Crippen LogP) is 3.83. The first-order valence-corrected chi connectivity index (χ1v) is 6.17. The summed E-state index contributed by atoms with van der Waals surface area (Å²) in [5.41, 5.74) is 1.73. The molecular weight excluding hydrogens is 278 g/mol. The Hall–Kier alpha value is -1.48. The molecule has 0 aliphatic carbocycles. The normalized spacial score (nSPS) is 12.1.